The number of aryl methyl sites for hydroxylation is 1. The summed E-state index contributed by atoms with van der Waals surface area (Å²) in [6, 6.07) is 7.91. The van der Waals surface area contributed by atoms with Crippen molar-refractivity contribution in [3.63, 3.8) is 0 Å². The minimum atomic E-state index is -0.0926. The van der Waals surface area contributed by atoms with Gasteiger partial charge < -0.3 is 9.64 Å². The number of hydrogen-bond donors (Lipinski definition) is 0. The van der Waals surface area contributed by atoms with E-state index >= 15 is 0 Å². The van der Waals surface area contributed by atoms with Gasteiger partial charge in [-0.2, -0.15) is 0 Å². The number of carbonyl (C=O) groups excluding carboxylic acids is 1. The number of hydrogen-bond acceptors (Lipinski definition) is 4. The van der Waals surface area contributed by atoms with Gasteiger partial charge in [0.1, 0.15) is 6.10 Å². The second-order valence-electron chi connectivity index (χ2n) is 6.04. The average Bonchev–Trinajstić information content (AvgIpc) is 2.62. The van der Waals surface area contributed by atoms with Gasteiger partial charge in [0, 0.05) is 18.0 Å². The molecule has 0 spiro atoms. The highest BCUT2D eigenvalue weighted by atomic mass is 35.5. The van der Waals surface area contributed by atoms with E-state index in [9.17, 15) is 4.79 Å². The fourth-order valence-electron chi connectivity index (χ4n) is 2.87. The highest BCUT2D eigenvalue weighted by molar-refractivity contribution is 6.30. The Labute approximate surface area is 156 Å². The number of amides is 1. The summed E-state index contributed by atoms with van der Waals surface area (Å²) in [6.07, 6.45) is 5.84. The lowest BCUT2D eigenvalue weighted by atomic mass is 10.1. The zero-order chi connectivity index (χ0) is 17.6. The summed E-state index contributed by atoms with van der Waals surface area (Å²) in [6.45, 7) is 1.32. The van der Waals surface area contributed by atoms with E-state index in [4.69, 9.17) is 27.9 Å². The Bertz CT molecular complexity index is 725. The molecule has 1 aliphatic heterocycles. The summed E-state index contributed by atoms with van der Waals surface area (Å²) >= 11 is 11.8. The minimum absolute atomic E-state index is 0.0926. The summed E-state index contributed by atoms with van der Waals surface area (Å²) < 4.78 is 5.78. The Hall–Kier alpha value is -1.85. The second-order valence-corrected chi connectivity index (χ2v) is 6.91. The van der Waals surface area contributed by atoms with Crippen molar-refractivity contribution >= 4 is 29.1 Å². The average molecular weight is 380 g/mol. The minimum Gasteiger partial charge on any atom is -0.458 e. The van der Waals surface area contributed by atoms with Crippen LogP contribution >= 0.6 is 23.2 Å². The van der Waals surface area contributed by atoms with E-state index in [2.05, 4.69) is 9.97 Å². The highest BCUT2D eigenvalue weighted by Gasteiger charge is 2.25. The smallest absolute Gasteiger partial charge is 0.316 e. The third-order valence-electron chi connectivity index (χ3n) is 4.12. The quantitative estimate of drug-likeness (QED) is 0.792. The van der Waals surface area contributed by atoms with E-state index in [0.29, 0.717) is 35.4 Å². The molecule has 0 saturated carbocycles. The molecule has 1 fully saturated rings. The molecular weight excluding hydrogens is 361 g/mol. The topological polar surface area (TPSA) is 55.3 Å². The van der Waals surface area contributed by atoms with Crippen molar-refractivity contribution in [2.45, 2.75) is 31.8 Å². The van der Waals surface area contributed by atoms with E-state index in [1.807, 2.05) is 29.2 Å². The molecule has 132 valence electrons. The molecule has 1 atom stereocenters. The van der Waals surface area contributed by atoms with Crippen LogP contribution in [0.25, 0.3) is 0 Å². The van der Waals surface area contributed by atoms with Gasteiger partial charge in [-0.15, -0.1) is 0 Å². The lowest BCUT2D eigenvalue weighted by Crippen LogP contribution is -2.44. The van der Waals surface area contributed by atoms with E-state index in [-0.39, 0.29) is 12.0 Å². The molecule has 0 radical (unpaired) electrons. The third-order valence-corrected chi connectivity index (χ3v) is 4.55. The molecule has 1 unspecified atom stereocenters. The van der Waals surface area contributed by atoms with Crippen LogP contribution in [-0.2, 0) is 11.2 Å². The number of ether oxygens (including phenoxy) is 1. The molecule has 3 rings (SSSR count). The fourth-order valence-corrected chi connectivity index (χ4v) is 3.18. The predicted molar refractivity (Wildman–Crippen MR) is 97.0 cm³/mol. The number of benzene rings is 1. The second kappa shape index (κ2) is 8.50. The van der Waals surface area contributed by atoms with Crippen LogP contribution in [-0.4, -0.2) is 40.0 Å². The number of halogens is 2. The van der Waals surface area contributed by atoms with Gasteiger partial charge in [-0.05, 0) is 37.0 Å². The molecule has 1 aliphatic rings. The van der Waals surface area contributed by atoms with Gasteiger partial charge in [0.15, 0.2) is 0 Å². The molecule has 5 nitrogen and oxygen atoms in total. The Kier molecular flexibility index (Phi) is 6.10. The molecule has 1 saturated heterocycles. The van der Waals surface area contributed by atoms with Crippen LogP contribution in [0.15, 0.2) is 36.7 Å². The fraction of sp³-hybridized carbons (Fsp3) is 0.389. The number of likely N-dealkylation sites (tertiary alicyclic amines) is 1. The molecule has 1 aromatic carbocycles. The molecule has 1 aromatic heterocycles. The maximum Gasteiger partial charge on any atom is 0.316 e. The largest absolute Gasteiger partial charge is 0.458 e. The lowest BCUT2D eigenvalue weighted by Gasteiger charge is -2.32. The first-order valence-electron chi connectivity index (χ1n) is 8.26. The first-order valence-corrected chi connectivity index (χ1v) is 9.02. The highest BCUT2D eigenvalue weighted by Crippen LogP contribution is 2.18. The first-order chi connectivity index (χ1) is 12.1. The van der Waals surface area contributed by atoms with Gasteiger partial charge in [0.2, 0.25) is 5.91 Å². The Morgan fingerprint density at radius 2 is 2.04 bits per heavy atom. The van der Waals surface area contributed by atoms with Crippen LogP contribution in [0.1, 0.15) is 24.8 Å². The summed E-state index contributed by atoms with van der Waals surface area (Å²) in [5.41, 5.74) is 1.07. The first kappa shape index (κ1) is 18.0. The van der Waals surface area contributed by atoms with Crippen molar-refractivity contribution < 1.29 is 9.53 Å². The van der Waals surface area contributed by atoms with Crippen molar-refractivity contribution in [1.82, 2.24) is 14.9 Å². The van der Waals surface area contributed by atoms with E-state index in [1.165, 1.54) is 12.4 Å². The van der Waals surface area contributed by atoms with Gasteiger partial charge in [0.05, 0.1) is 24.0 Å². The Morgan fingerprint density at radius 1 is 1.24 bits per heavy atom. The van der Waals surface area contributed by atoms with Crippen LogP contribution in [0.5, 0.6) is 6.01 Å². The number of aromatic nitrogens is 2. The molecule has 1 amide bonds. The number of carbonyl (C=O) groups is 1. The van der Waals surface area contributed by atoms with Gasteiger partial charge >= 0.3 is 6.01 Å². The Balaban J connectivity index is 1.51. The Morgan fingerprint density at radius 3 is 2.80 bits per heavy atom. The zero-order valence-corrected chi connectivity index (χ0v) is 15.2. The molecule has 25 heavy (non-hydrogen) atoms. The summed E-state index contributed by atoms with van der Waals surface area (Å²) in [5.74, 6) is 0.130. The zero-order valence-electron chi connectivity index (χ0n) is 13.7. The molecule has 0 aliphatic carbocycles. The van der Waals surface area contributed by atoms with Gasteiger partial charge in [-0.1, -0.05) is 35.3 Å². The van der Waals surface area contributed by atoms with E-state index < -0.39 is 0 Å². The molecule has 2 heterocycles. The molecule has 2 aromatic rings. The normalized spacial score (nSPS) is 17.4. The van der Waals surface area contributed by atoms with Crippen LogP contribution in [0, 0.1) is 0 Å². The van der Waals surface area contributed by atoms with E-state index in [0.717, 1.165) is 24.9 Å². The van der Waals surface area contributed by atoms with Gasteiger partial charge in [-0.25, -0.2) is 9.97 Å². The summed E-state index contributed by atoms with van der Waals surface area (Å²) in [5, 5.41) is 1.16. The molecule has 0 bridgehead atoms. The molecule has 7 heteroatoms. The molecule has 0 N–H and O–H groups in total. The maximum atomic E-state index is 12.5. The lowest BCUT2D eigenvalue weighted by molar-refractivity contribution is -0.133. The van der Waals surface area contributed by atoms with Crippen LogP contribution in [0.4, 0.5) is 0 Å². The van der Waals surface area contributed by atoms with Crippen molar-refractivity contribution in [1.29, 1.82) is 0 Å². The van der Waals surface area contributed by atoms with Crippen molar-refractivity contribution in [2.24, 2.45) is 0 Å². The van der Waals surface area contributed by atoms with Crippen molar-refractivity contribution in [3.05, 3.63) is 52.3 Å². The monoisotopic (exact) mass is 379 g/mol. The number of rotatable bonds is 5. The van der Waals surface area contributed by atoms with Crippen LogP contribution < -0.4 is 4.74 Å². The standard InChI is InChI=1S/C18H19Cl2N3O2/c19-14-4-1-3-13(9-14)6-7-17(24)23-8-2-5-16(12-23)25-18-21-10-15(20)11-22-18/h1,3-4,9-11,16H,2,5-8,12H2. The van der Waals surface area contributed by atoms with Gasteiger partial charge in [-0.3, -0.25) is 4.79 Å². The van der Waals surface area contributed by atoms with Crippen LogP contribution in [0.2, 0.25) is 10.0 Å². The van der Waals surface area contributed by atoms with Crippen molar-refractivity contribution in [3.8, 4) is 6.01 Å². The SMILES string of the molecule is O=C(CCc1cccc(Cl)c1)N1CCCC(Oc2ncc(Cl)cn2)C1. The maximum absolute atomic E-state index is 12.5. The molecular formula is C18H19Cl2N3O2. The van der Waals surface area contributed by atoms with Crippen molar-refractivity contribution in [2.75, 3.05) is 13.1 Å². The number of nitrogens with zero attached hydrogens (tertiary/aromatic N) is 3. The third kappa shape index (κ3) is 5.31. The van der Waals surface area contributed by atoms with Gasteiger partial charge in [0.25, 0.3) is 0 Å². The van der Waals surface area contributed by atoms with E-state index in [1.54, 1.807) is 0 Å². The van der Waals surface area contributed by atoms with Crippen LogP contribution in [0.3, 0.4) is 0 Å². The number of piperidine rings is 1. The summed E-state index contributed by atoms with van der Waals surface area (Å²) in [4.78, 5) is 22.4. The predicted octanol–water partition coefficient (Wildman–Crippen LogP) is 3.79. The summed E-state index contributed by atoms with van der Waals surface area (Å²) in [7, 11) is 0.